The van der Waals surface area contributed by atoms with Gasteiger partial charge in [-0.05, 0) is 67.6 Å². The van der Waals surface area contributed by atoms with Crippen LogP contribution in [0.1, 0.15) is 58.8 Å². The van der Waals surface area contributed by atoms with Crippen molar-refractivity contribution < 1.29 is 9.90 Å². The van der Waals surface area contributed by atoms with Gasteiger partial charge in [-0.2, -0.15) is 0 Å². The quantitative estimate of drug-likeness (QED) is 0.690. The molecule has 0 bridgehead atoms. The molecule has 116 valence electrons. The van der Waals surface area contributed by atoms with Gasteiger partial charge in [-0.1, -0.05) is 26.0 Å². The van der Waals surface area contributed by atoms with Gasteiger partial charge in [-0.25, -0.2) is 0 Å². The van der Waals surface area contributed by atoms with E-state index in [4.69, 9.17) is 0 Å². The lowest BCUT2D eigenvalue weighted by Gasteiger charge is -2.59. The normalized spacial score (nSPS) is 55.8. The van der Waals surface area contributed by atoms with Crippen LogP contribution in [0.3, 0.4) is 0 Å². The van der Waals surface area contributed by atoms with E-state index in [1.54, 1.807) is 0 Å². The number of allylic oxidation sites excluding steroid dienone is 2. The molecule has 1 N–H and O–H groups in total. The molecular formula is C19H28O2. The Hall–Kier alpha value is -0.630. The summed E-state index contributed by atoms with van der Waals surface area (Å²) in [5.74, 6) is 2.81. The van der Waals surface area contributed by atoms with Crippen LogP contribution in [0.25, 0.3) is 0 Å². The third kappa shape index (κ3) is 1.72. The Morgan fingerprint density at radius 2 is 1.90 bits per heavy atom. The summed E-state index contributed by atoms with van der Waals surface area (Å²) in [5.41, 5.74) is 0.307. The number of carbonyl (C=O) groups is 1. The molecule has 7 atom stereocenters. The van der Waals surface area contributed by atoms with Gasteiger partial charge in [-0.15, -0.1) is 0 Å². The Morgan fingerprint density at radius 1 is 1.10 bits per heavy atom. The van der Waals surface area contributed by atoms with E-state index in [2.05, 4.69) is 26.0 Å². The van der Waals surface area contributed by atoms with Gasteiger partial charge in [0.15, 0.2) is 5.78 Å². The largest absolute Gasteiger partial charge is 0.385 e. The second-order valence-electron chi connectivity index (χ2n) is 8.69. The smallest absolute Gasteiger partial charge is 0.162 e. The zero-order chi connectivity index (χ0) is 14.8. The lowest BCUT2D eigenvalue weighted by Crippen LogP contribution is -2.52. The fourth-order valence-corrected chi connectivity index (χ4v) is 6.61. The van der Waals surface area contributed by atoms with Gasteiger partial charge < -0.3 is 5.11 Å². The molecule has 4 rings (SSSR count). The van der Waals surface area contributed by atoms with Crippen molar-refractivity contribution in [2.45, 2.75) is 64.9 Å². The van der Waals surface area contributed by atoms with Crippen LogP contribution in [0.4, 0.5) is 0 Å². The molecule has 2 nitrogen and oxygen atoms in total. The van der Waals surface area contributed by atoms with E-state index in [0.717, 1.165) is 18.3 Å². The number of rotatable bonds is 0. The summed E-state index contributed by atoms with van der Waals surface area (Å²) in [6, 6.07) is 0. The molecule has 7 unspecified atom stereocenters. The van der Waals surface area contributed by atoms with Crippen molar-refractivity contribution in [2.75, 3.05) is 0 Å². The zero-order valence-corrected chi connectivity index (χ0v) is 13.3. The fraction of sp³-hybridized carbons (Fsp3) is 0.842. The SMILES string of the molecule is CC12CC=CCC1CCC1C2CCC2(C)C(O)C(=O)CC12. The second-order valence-corrected chi connectivity index (χ2v) is 8.69. The summed E-state index contributed by atoms with van der Waals surface area (Å²) in [6.07, 6.45) is 12.0. The minimum Gasteiger partial charge on any atom is -0.385 e. The summed E-state index contributed by atoms with van der Waals surface area (Å²) in [6.45, 7) is 4.69. The Balaban J connectivity index is 1.68. The molecule has 0 aliphatic heterocycles. The number of aliphatic hydroxyl groups excluding tert-OH is 1. The summed E-state index contributed by atoms with van der Waals surface area (Å²) < 4.78 is 0. The van der Waals surface area contributed by atoms with Crippen molar-refractivity contribution in [1.82, 2.24) is 0 Å². The monoisotopic (exact) mass is 288 g/mol. The highest BCUT2D eigenvalue weighted by atomic mass is 16.3. The lowest BCUT2D eigenvalue weighted by molar-refractivity contribution is -0.130. The fourth-order valence-electron chi connectivity index (χ4n) is 6.61. The highest BCUT2D eigenvalue weighted by molar-refractivity contribution is 5.86. The molecule has 4 aliphatic rings. The highest BCUT2D eigenvalue weighted by Crippen LogP contribution is 2.65. The Morgan fingerprint density at radius 3 is 2.71 bits per heavy atom. The van der Waals surface area contributed by atoms with Crippen LogP contribution in [0.15, 0.2) is 12.2 Å². The zero-order valence-electron chi connectivity index (χ0n) is 13.3. The molecule has 3 saturated carbocycles. The van der Waals surface area contributed by atoms with Crippen LogP contribution >= 0.6 is 0 Å². The number of ketones is 1. The summed E-state index contributed by atoms with van der Waals surface area (Å²) in [4.78, 5) is 12.1. The molecule has 3 fully saturated rings. The predicted molar refractivity (Wildman–Crippen MR) is 82.6 cm³/mol. The molecule has 0 aromatic carbocycles. The van der Waals surface area contributed by atoms with Gasteiger partial charge >= 0.3 is 0 Å². The Bertz CT molecular complexity index is 496. The number of Topliss-reactive ketones (excluding diaryl/α,β-unsaturated/α-hetero) is 1. The van der Waals surface area contributed by atoms with Gasteiger partial charge in [0.05, 0.1) is 0 Å². The standard InChI is InChI=1S/C19H28O2/c1-18-9-4-3-5-12(18)6-7-13-14(18)8-10-19(2)15(13)11-16(20)17(19)21/h3-4,12-15,17,21H,5-11H2,1-2H3. The van der Waals surface area contributed by atoms with Crippen molar-refractivity contribution in [2.24, 2.45) is 34.5 Å². The van der Waals surface area contributed by atoms with E-state index in [1.165, 1.54) is 32.1 Å². The molecule has 0 heterocycles. The van der Waals surface area contributed by atoms with Gasteiger partial charge in [0, 0.05) is 11.8 Å². The predicted octanol–water partition coefficient (Wildman–Crippen LogP) is 3.74. The molecule has 0 spiro atoms. The minimum absolute atomic E-state index is 0.110. The maximum Gasteiger partial charge on any atom is 0.162 e. The highest BCUT2D eigenvalue weighted by Gasteiger charge is 2.61. The molecule has 4 aliphatic carbocycles. The first-order valence-electron chi connectivity index (χ1n) is 8.82. The van der Waals surface area contributed by atoms with E-state index in [1.807, 2.05) is 0 Å². The van der Waals surface area contributed by atoms with Crippen molar-refractivity contribution in [3.63, 3.8) is 0 Å². The maximum absolute atomic E-state index is 12.1. The van der Waals surface area contributed by atoms with E-state index in [0.29, 0.717) is 23.7 Å². The van der Waals surface area contributed by atoms with Gasteiger partial charge in [0.2, 0.25) is 0 Å². The van der Waals surface area contributed by atoms with Crippen molar-refractivity contribution in [3.8, 4) is 0 Å². The van der Waals surface area contributed by atoms with Crippen LogP contribution in [0, 0.1) is 34.5 Å². The van der Waals surface area contributed by atoms with Crippen LogP contribution in [0.5, 0.6) is 0 Å². The van der Waals surface area contributed by atoms with E-state index < -0.39 is 6.10 Å². The van der Waals surface area contributed by atoms with Crippen LogP contribution in [-0.2, 0) is 4.79 Å². The molecular weight excluding hydrogens is 260 g/mol. The average Bonchev–Trinajstić information content (AvgIpc) is 2.70. The minimum atomic E-state index is -0.694. The van der Waals surface area contributed by atoms with E-state index in [9.17, 15) is 9.90 Å². The summed E-state index contributed by atoms with van der Waals surface area (Å²) in [7, 11) is 0. The van der Waals surface area contributed by atoms with E-state index in [-0.39, 0.29) is 11.2 Å². The molecule has 21 heavy (non-hydrogen) atoms. The molecule has 0 aromatic rings. The summed E-state index contributed by atoms with van der Waals surface area (Å²) >= 11 is 0. The number of carbonyl (C=O) groups excluding carboxylic acids is 1. The molecule has 0 saturated heterocycles. The molecule has 2 heteroatoms. The first kappa shape index (κ1) is 14.0. The van der Waals surface area contributed by atoms with E-state index >= 15 is 0 Å². The topological polar surface area (TPSA) is 37.3 Å². The number of hydrogen-bond acceptors (Lipinski definition) is 2. The van der Waals surface area contributed by atoms with Crippen LogP contribution in [-0.4, -0.2) is 17.0 Å². The maximum atomic E-state index is 12.1. The van der Waals surface area contributed by atoms with Gasteiger partial charge in [0.1, 0.15) is 6.10 Å². The Labute approximate surface area is 128 Å². The summed E-state index contributed by atoms with van der Waals surface area (Å²) in [5, 5.41) is 10.4. The Kier molecular flexibility index (Phi) is 2.96. The van der Waals surface area contributed by atoms with Crippen LogP contribution in [0.2, 0.25) is 0 Å². The lowest BCUT2D eigenvalue weighted by atomic mass is 9.46. The van der Waals surface area contributed by atoms with Crippen molar-refractivity contribution in [1.29, 1.82) is 0 Å². The third-order valence-corrected chi connectivity index (χ3v) is 8.00. The molecule has 0 radical (unpaired) electrons. The van der Waals surface area contributed by atoms with Crippen LogP contribution < -0.4 is 0 Å². The average molecular weight is 288 g/mol. The van der Waals surface area contributed by atoms with Gasteiger partial charge in [-0.3, -0.25) is 4.79 Å². The number of hydrogen-bond donors (Lipinski definition) is 1. The molecule has 0 amide bonds. The van der Waals surface area contributed by atoms with Crippen molar-refractivity contribution in [3.05, 3.63) is 12.2 Å². The van der Waals surface area contributed by atoms with Crippen molar-refractivity contribution >= 4 is 5.78 Å². The number of fused-ring (bicyclic) bond motifs is 5. The number of aliphatic hydroxyl groups is 1. The first-order chi connectivity index (χ1) is 9.97. The molecule has 0 aromatic heterocycles. The first-order valence-corrected chi connectivity index (χ1v) is 8.82. The second kappa shape index (κ2) is 4.44. The third-order valence-electron chi connectivity index (χ3n) is 8.00. The van der Waals surface area contributed by atoms with Gasteiger partial charge in [0.25, 0.3) is 0 Å².